The van der Waals surface area contributed by atoms with Crippen LogP contribution in [0.4, 0.5) is 11.4 Å². The van der Waals surface area contributed by atoms with Gasteiger partial charge in [0, 0.05) is 11.4 Å². The van der Waals surface area contributed by atoms with Crippen molar-refractivity contribution >= 4 is 11.4 Å². The summed E-state index contributed by atoms with van der Waals surface area (Å²) in [5, 5.41) is 0. The minimum Gasteiger partial charge on any atom is -0.399 e. The highest BCUT2D eigenvalue weighted by molar-refractivity contribution is 5.74. The molecule has 0 fully saturated rings. The number of hydrogen-bond donors (Lipinski definition) is 2. The van der Waals surface area contributed by atoms with Crippen LogP contribution in [0.3, 0.4) is 0 Å². The molecule has 2 aliphatic rings. The molecule has 4 N–H and O–H groups in total. The van der Waals surface area contributed by atoms with E-state index >= 15 is 0 Å². The Balaban J connectivity index is 2.70. The summed E-state index contributed by atoms with van der Waals surface area (Å²) in [4.78, 5) is 0. The lowest BCUT2D eigenvalue weighted by Crippen LogP contribution is -1.77. The van der Waals surface area contributed by atoms with Crippen molar-refractivity contribution in [3.8, 4) is 11.1 Å². The molecule has 0 saturated carbocycles. The lowest BCUT2D eigenvalue weighted by Gasteiger charge is -1.85. The van der Waals surface area contributed by atoms with E-state index in [2.05, 4.69) is 0 Å². The highest BCUT2D eigenvalue weighted by Crippen LogP contribution is 2.26. The molecule has 0 saturated heterocycles. The van der Waals surface area contributed by atoms with Gasteiger partial charge in [0.1, 0.15) is 0 Å². The Morgan fingerprint density at radius 2 is 1.17 bits per heavy atom. The summed E-state index contributed by atoms with van der Waals surface area (Å²) < 4.78 is 0. The van der Waals surface area contributed by atoms with Gasteiger partial charge < -0.3 is 11.5 Å². The first-order valence-electron chi connectivity index (χ1n) is 3.80. The van der Waals surface area contributed by atoms with Crippen LogP contribution < -0.4 is 11.5 Å². The maximum atomic E-state index is 5.64. The quantitative estimate of drug-likeness (QED) is 0.615. The van der Waals surface area contributed by atoms with E-state index in [4.69, 9.17) is 11.5 Å². The lowest BCUT2D eigenvalue weighted by atomic mass is 10.2. The molecule has 2 nitrogen and oxygen atoms in total. The van der Waals surface area contributed by atoms with Crippen LogP contribution >= 0.6 is 0 Å². The number of nitrogen functional groups attached to an aromatic ring is 2. The third kappa shape index (κ3) is 1.07. The van der Waals surface area contributed by atoms with Gasteiger partial charge in [0.25, 0.3) is 0 Å². The molecule has 0 spiro atoms. The molecule has 2 heteroatoms. The van der Waals surface area contributed by atoms with Crippen molar-refractivity contribution in [2.24, 2.45) is 0 Å². The number of anilines is 2. The van der Waals surface area contributed by atoms with Crippen LogP contribution in [-0.4, -0.2) is 0 Å². The molecule has 0 aliphatic heterocycles. The van der Waals surface area contributed by atoms with Crippen LogP contribution in [0.2, 0.25) is 0 Å². The van der Waals surface area contributed by atoms with Crippen molar-refractivity contribution in [3.05, 3.63) is 36.4 Å². The van der Waals surface area contributed by atoms with Crippen molar-refractivity contribution in [3.63, 3.8) is 0 Å². The molecule has 12 heavy (non-hydrogen) atoms. The van der Waals surface area contributed by atoms with Gasteiger partial charge in [-0.15, -0.1) is 0 Å². The Bertz CT molecular complexity index is 348. The molecule has 0 aromatic heterocycles. The fourth-order valence-corrected chi connectivity index (χ4v) is 1.28. The molecule has 0 aromatic carbocycles. The second-order valence-corrected chi connectivity index (χ2v) is 2.87. The van der Waals surface area contributed by atoms with Crippen LogP contribution in [0, 0.1) is 0 Å². The van der Waals surface area contributed by atoms with Crippen LogP contribution in [0.1, 0.15) is 0 Å². The number of hydrogen-bond acceptors (Lipinski definition) is 2. The van der Waals surface area contributed by atoms with Gasteiger partial charge in [-0.05, 0) is 35.4 Å². The van der Waals surface area contributed by atoms with E-state index in [9.17, 15) is 0 Å². The van der Waals surface area contributed by atoms with E-state index in [1.165, 1.54) is 0 Å². The predicted molar refractivity (Wildman–Crippen MR) is 51.9 cm³/mol. The van der Waals surface area contributed by atoms with Crippen molar-refractivity contribution in [1.82, 2.24) is 0 Å². The molecule has 0 radical (unpaired) electrons. The minimum absolute atomic E-state index is 0.768. The van der Waals surface area contributed by atoms with Gasteiger partial charge in [-0.3, -0.25) is 0 Å². The van der Waals surface area contributed by atoms with Crippen molar-refractivity contribution in [1.29, 1.82) is 0 Å². The highest BCUT2D eigenvalue weighted by atomic mass is 14.6. The van der Waals surface area contributed by atoms with E-state index in [0.29, 0.717) is 0 Å². The van der Waals surface area contributed by atoms with Crippen LogP contribution in [0.5, 0.6) is 0 Å². The first-order valence-corrected chi connectivity index (χ1v) is 3.80. The molecule has 0 heterocycles. The molecule has 0 unspecified atom stereocenters. The zero-order chi connectivity index (χ0) is 8.55. The second kappa shape index (κ2) is 2.41. The van der Waals surface area contributed by atoms with E-state index in [1.54, 1.807) is 0 Å². The van der Waals surface area contributed by atoms with Gasteiger partial charge in [-0.25, -0.2) is 0 Å². The number of fused-ring (bicyclic) bond motifs is 1. The predicted octanol–water partition coefficient (Wildman–Crippen LogP) is 1.96. The van der Waals surface area contributed by atoms with Gasteiger partial charge in [-0.2, -0.15) is 0 Å². The van der Waals surface area contributed by atoms with Crippen LogP contribution in [0.25, 0.3) is 11.1 Å². The van der Waals surface area contributed by atoms with Crippen LogP contribution in [-0.2, 0) is 0 Å². The molecule has 0 aromatic rings. The maximum absolute atomic E-state index is 5.64. The van der Waals surface area contributed by atoms with Gasteiger partial charge in [0.05, 0.1) is 0 Å². The monoisotopic (exact) mass is 158 g/mol. The van der Waals surface area contributed by atoms with Crippen molar-refractivity contribution in [2.75, 3.05) is 11.5 Å². The van der Waals surface area contributed by atoms with Gasteiger partial charge >= 0.3 is 0 Å². The lowest BCUT2D eigenvalue weighted by molar-refractivity contribution is 1.79. The third-order valence-corrected chi connectivity index (χ3v) is 1.89. The number of nitrogens with two attached hydrogens (primary N) is 2. The zero-order valence-corrected chi connectivity index (χ0v) is 6.62. The summed E-state index contributed by atoms with van der Waals surface area (Å²) in [6.07, 6.45) is 0. The topological polar surface area (TPSA) is 52.0 Å². The average Bonchev–Trinajstić information content (AvgIpc) is 2.31. The fourth-order valence-electron chi connectivity index (χ4n) is 1.28. The molecule has 60 valence electrons. The Kier molecular flexibility index (Phi) is 1.40. The molecule has 0 amide bonds. The molecule has 0 atom stereocenters. The standard InChI is InChI=1S/C10H10N2/c11-9-3-1-7-5-10(12)6-8(7)2-4-9/h1-6H,11-12H2. The van der Waals surface area contributed by atoms with Gasteiger partial charge in [0.15, 0.2) is 0 Å². The van der Waals surface area contributed by atoms with E-state index in [-0.39, 0.29) is 0 Å². The summed E-state index contributed by atoms with van der Waals surface area (Å²) >= 11 is 0. The normalized spacial score (nSPS) is 10.3. The summed E-state index contributed by atoms with van der Waals surface area (Å²) in [7, 11) is 0. The summed E-state index contributed by atoms with van der Waals surface area (Å²) in [5.41, 5.74) is 15.1. The number of rotatable bonds is 0. The molecule has 2 rings (SSSR count). The smallest absolute Gasteiger partial charge is 0.0326 e. The highest BCUT2D eigenvalue weighted by Gasteiger charge is 2.01. The van der Waals surface area contributed by atoms with Crippen LogP contribution in [0.15, 0.2) is 36.4 Å². The second-order valence-electron chi connectivity index (χ2n) is 2.87. The fraction of sp³-hybridized carbons (Fsp3) is 0. The van der Waals surface area contributed by atoms with Gasteiger partial charge in [-0.1, -0.05) is 12.1 Å². The Hall–Kier alpha value is -1.70. The Morgan fingerprint density at radius 1 is 0.667 bits per heavy atom. The van der Waals surface area contributed by atoms with E-state index < -0.39 is 0 Å². The first-order chi connectivity index (χ1) is 5.75. The van der Waals surface area contributed by atoms with Crippen molar-refractivity contribution < 1.29 is 0 Å². The molecular weight excluding hydrogens is 148 g/mol. The van der Waals surface area contributed by atoms with E-state index in [1.807, 2.05) is 36.4 Å². The van der Waals surface area contributed by atoms with E-state index in [0.717, 1.165) is 22.5 Å². The molecule has 0 bridgehead atoms. The van der Waals surface area contributed by atoms with Crippen molar-refractivity contribution in [2.45, 2.75) is 0 Å². The zero-order valence-electron chi connectivity index (χ0n) is 6.62. The first kappa shape index (κ1) is 6.98. The molecule has 2 aliphatic carbocycles. The molecular formula is C10H10N2. The van der Waals surface area contributed by atoms with Gasteiger partial charge in [0.2, 0.25) is 0 Å². The average molecular weight is 158 g/mol. The Morgan fingerprint density at radius 3 is 1.67 bits per heavy atom. The summed E-state index contributed by atoms with van der Waals surface area (Å²) in [5.74, 6) is 0. The summed E-state index contributed by atoms with van der Waals surface area (Å²) in [6.45, 7) is 0. The largest absolute Gasteiger partial charge is 0.399 e. The maximum Gasteiger partial charge on any atom is 0.0326 e. The minimum atomic E-state index is 0.768. The SMILES string of the molecule is Nc1ccc2cc(N)cc-2cc1. The third-order valence-electron chi connectivity index (χ3n) is 1.89. The summed E-state index contributed by atoms with van der Waals surface area (Å²) in [6, 6.07) is 11.6. The Labute approximate surface area is 71.1 Å².